The number of aryl methyl sites for hydroxylation is 1. The van der Waals surface area contributed by atoms with Crippen LogP contribution in [0.4, 0.5) is 5.69 Å². The third kappa shape index (κ3) is 3.17. The minimum absolute atomic E-state index is 0. The Bertz CT molecular complexity index is 778. The number of amides is 1. The molecule has 0 saturated carbocycles. The fourth-order valence-electron chi connectivity index (χ4n) is 2.12. The van der Waals surface area contributed by atoms with Gasteiger partial charge in [0.15, 0.2) is 0 Å². The van der Waals surface area contributed by atoms with Gasteiger partial charge in [0.05, 0.1) is 0 Å². The van der Waals surface area contributed by atoms with Gasteiger partial charge in [-0.3, -0.25) is 9.78 Å². The second kappa shape index (κ2) is 6.41. The molecule has 0 aliphatic heterocycles. The molecule has 0 saturated heterocycles. The molecule has 21 heavy (non-hydrogen) atoms. The number of anilines is 1. The predicted octanol–water partition coefficient (Wildman–Crippen LogP) is 3.23. The summed E-state index contributed by atoms with van der Waals surface area (Å²) in [6, 6.07) is 11.3. The average molecular weight is 353 g/mol. The molecule has 1 radical (unpaired) electrons. The first-order valence-electron chi connectivity index (χ1n) is 6.29. The first kappa shape index (κ1) is 15.7. The van der Waals surface area contributed by atoms with Gasteiger partial charge in [-0.05, 0) is 36.8 Å². The van der Waals surface area contributed by atoms with Gasteiger partial charge in [0.25, 0.3) is 0 Å². The van der Waals surface area contributed by atoms with Crippen molar-refractivity contribution >= 4 is 22.5 Å². The zero-order valence-corrected chi connectivity index (χ0v) is 14.5. The molecule has 2 aromatic heterocycles. The zero-order valence-electron chi connectivity index (χ0n) is 11.7. The van der Waals surface area contributed by atoms with E-state index >= 15 is 0 Å². The van der Waals surface area contributed by atoms with E-state index in [0.29, 0.717) is 5.69 Å². The minimum Gasteiger partial charge on any atom is -0.476 e. The Morgan fingerprint density at radius 2 is 1.95 bits per heavy atom. The van der Waals surface area contributed by atoms with E-state index in [1.54, 1.807) is 17.0 Å². The molecule has 1 aromatic carbocycles. The number of pyridine rings is 1. The predicted molar refractivity (Wildman–Crippen MR) is 79.6 cm³/mol. The number of fused-ring (bicyclic) bond motifs is 1. The van der Waals surface area contributed by atoms with Crippen molar-refractivity contribution in [1.29, 1.82) is 0 Å². The zero-order chi connectivity index (χ0) is 14.1. The fourth-order valence-corrected chi connectivity index (χ4v) is 2.12. The van der Waals surface area contributed by atoms with E-state index in [1.165, 1.54) is 0 Å². The molecule has 0 bridgehead atoms. The smallest absolute Gasteiger partial charge is 0.216 e. The molecular weight excluding hydrogens is 339 g/mol. The van der Waals surface area contributed by atoms with Crippen LogP contribution >= 0.6 is 0 Å². The molecule has 5 heteroatoms. The molecule has 0 spiro atoms. The number of hydrogen-bond donors (Lipinski definition) is 1. The van der Waals surface area contributed by atoms with Crippen LogP contribution in [0, 0.1) is 14.0 Å². The standard InChI is InChI=1S/C16H14N3O.Y/c1-11-3-5-13(6-4-11)18-16(20)14-9-12-7-8-17-10-15(12)19(14)2;/h3-10H,2H2,1H3,(H,18,20);/q-1;. The Balaban J connectivity index is 0.00000161. The average Bonchev–Trinajstić information content (AvgIpc) is 2.79. The summed E-state index contributed by atoms with van der Waals surface area (Å²) in [7, 11) is 3.90. The van der Waals surface area contributed by atoms with E-state index in [1.807, 2.05) is 43.3 Å². The molecule has 0 aliphatic rings. The Hall–Kier alpha value is -1.65. The van der Waals surface area contributed by atoms with Gasteiger partial charge >= 0.3 is 0 Å². The molecular formula is C16H14N3OY-. The van der Waals surface area contributed by atoms with Gasteiger partial charge in [0.2, 0.25) is 5.91 Å². The minimum atomic E-state index is -0.181. The third-order valence-electron chi connectivity index (χ3n) is 3.25. The maximum Gasteiger partial charge on any atom is 0.216 e. The van der Waals surface area contributed by atoms with Crippen LogP contribution < -0.4 is 5.32 Å². The molecule has 3 rings (SSSR count). The summed E-state index contributed by atoms with van der Waals surface area (Å²) >= 11 is 0. The largest absolute Gasteiger partial charge is 0.476 e. The van der Waals surface area contributed by atoms with Crippen molar-refractivity contribution in [2.45, 2.75) is 6.92 Å². The number of carbonyl (C=O) groups excluding carboxylic acids is 1. The van der Waals surface area contributed by atoms with Crippen LogP contribution in [-0.4, -0.2) is 15.5 Å². The number of hydrogen-bond acceptors (Lipinski definition) is 2. The molecule has 4 nitrogen and oxygen atoms in total. The molecule has 0 fully saturated rings. The Morgan fingerprint density at radius 1 is 1.24 bits per heavy atom. The van der Waals surface area contributed by atoms with Crippen molar-refractivity contribution in [3.8, 4) is 0 Å². The second-order valence-electron chi connectivity index (χ2n) is 4.71. The van der Waals surface area contributed by atoms with Crippen molar-refractivity contribution in [2.24, 2.45) is 0 Å². The van der Waals surface area contributed by atoms with E-state index in [4.69, 9.17) is 0 Å². The topological polar surface area (TPSA) is 46.9 Å². The first-order chi connectivity index (χ1) is 9.65. The van der Waals surface area contributed by atoms with Crippen LogP contribution in [0.2, 0.25) is 0 Å². The molecule has 2 heterocycles. The molecule has 3 aromatic rings. The van der Waals surface area contributed by atoms with Gasteiger partial charge in [-0.2, -0.15) is 0 Å². The Kier molecular flexibility index (Phi) is 4.81. The van der Waals surface area contributed by atoms with Crippen molar-refractivity contribution in [3.63, 3.8) is 0 Å². The van der Waals surface area contributed by atoms with E-state index in [0.717, 1.165) is 22.2 Å². The van der Waals surface area contributed by atoms with Crippen molar-refractivity contribution in [1.82, 2.24) is 9.55 Å². The number of rotatable bonds is 2. The third-order valence-corrected chi connectivity index (χ3v) is 3.25. The normalized spacial score (nSPS) is 10.1. The summed E-state index contributed by atoms with van der Waals surface area (Å²) in [5.74, 6) is -0.181. The quantitative estimate of drug-likeness (QED) is 0.719. The van der Waals surface area contributed by atoms with Crippen LogP contribution in [-0.2, 0) is 32.7 Å². The summed E-state index contributed by atoms with van der Waals surface area (Å²) in [6.45, 7) is 2.01. The Morgan fingerprint density at radius 3 is 2.62 bits per heavy atom. The molecule has 1 N–H and O–H groups in total. The van der Waals surface area contributed by atoms with Crippen molar-refractivity contribution < 1.29 is 37.5 Å². The van der Waals surface area contributed by atoms with Crippen molar-refractivity contribution in [3.05, 3.63) is 67.1 Å². The van der Waals surface area contributed by atoms with E-state index < -0.39 is 0 Å². The van der Waals surface area contributed by atoms with Gasteiger partial charge < -0.3 is 9.88 Å². The fraction of sp³-hybridized carbons (Fsp3) is 0.0625. The van der Waals surface area contributed by atoms with Crippen molar-refractivity contribution in [2.75, 3.05) is 5.32 Å². The number of nitrogens with one attached hydrogen (secondary N) is 1. The van der Waals surface area contributed by atoms with Crippen LogP contribution in [0.25, 0.3) is 10.9 Å². The summed E-state index contributed by atoms with van der Waals surface area (Å²) in [6.07, 6.45) is 3.40. The van der Waals surface area contributed by atoms with Gasteiger partial charge in [-0.15, -0.1) is 7.05 Å². The van der Waals surface area contributed by atoms with Gasteiger partial charge in [0.1, 0.15) is 0 Å². The maximum atomic E-state index is 12.3. The Labute approximate surface area is 148 Å². The molecule has 0 unspecified atom stereocenters. The SMILES string of the molecule is [CH2-]n1c(C(=O)Nc2ccc(C)cc2)cc2ccncc21.[Y]. The maximum absolute atomic E-state index is 12.3. The summed E-state index contributed by atoms with van der Waals surface area (Å²) in [5, 5.41) is 3.82. The number of nitrogens with zero attached hydrogens (tertiary/aromatic N) is 2. The number of benzene rings is 1. The van der Waals surface area contributed by atoms with E-state index in [2.05, 4.69) is 17.3 Å². The van der Waals surface area contributed by atoms with Gasteiger partial charge in [0, 0.05) is 50.3 Å². The van der Waals surface area contributed by atoms with Gasteiger partial charge in [-0.25, -0.2) is 0 Å². The summed E-state index contributed by atoms with van der Waals surface area (Å²) < 4.78 is 1.60. The molecule has 103 valence electrons. The van der Waals surface area contributed by atoms with Crippen LogP contribution in [0.1, 0.15) is 16.1 Å². The monoisotopic (exact) mass is 353 g/mol. The number of carbonyl (C=O) groups is 1. The van der Waals surface area contributed by atoms with Crippen LogP contribution in [0.15, 0.2) is 48.8 Å². The van der Waals surface area contributed by atoms with E-state index in [-0.39, 0.29) is 38.6 Å². The van der Waals surface area contributed by atoms with Crippen LogP contribution in [0.3, 0.4) is 0 Å². The van der Waals surface area contributed by atoms with Gasteiger partial charge in [-0.1, -0.05) is 29.1 Å². The second-order valence-corrected chi connectivity index (χ2v) is 4.71. The molecule has 0 atom stereocenters. The van der Waals surface area contributed by atoms with Crippen LogP contribution in [0.5, 0.6) is 0 Å². The number of aromatic nitrogens is 2. The summed E-state index contributed by atoms with van der Waals surface area (Å²) in [5.41, 5.74) is 3.26. The summed E-state index contributed by atoms with van der Waals surface area (Å²) in [4.78, 5) is 16.3. The molecule has 1 amide bonds. The molecule has 0 aliphatic carbocycles. The van der Waals surface area contributed by atoms with E-state index in [9.17, 15) is 4.79 Å². The first-order valence-corrected chi connectivity index (χ1v) is 6.29.